The molecule has 0 unspecified atom stereocenters. The number of amides is 1. The number of nitrogens with one attached hydrogen (secondary N) is 1. The quantitative estimate of drug-likeness (QED) is 0.647. The highest BCUT2D eigenvalue weighted by Crippen LogP contribution is 2.37. The van der Waals surface area contributed by atoms with Gasteiger partial charge in [0, 0.05) is 31.7 Å². The zero-order valence-corrected chi connectivity index (χ0v) is 17.8. The molecule has 32 heavy (non-hydrogen) atoms. The van der Waals surface area contributed by atoms with Crippen molar-refractivity contribution < 1.29 is 9.53 Å². The number of carbonyl (C=O) groups excluding carboxylic acids is 1. The molecule has 3 aliphatic heterocycles. The van der Waals surface area contributed by atoms with E-state index in [-0.39, 0.29) is 0 Å². The minimum absolute atomic E-state index is 0.451. The summed E-state index contributed by atoms with van der Waals surface area (Å²) in [7, 11) is 0. The third kappa shape index (κ3) is 3.23. The molecular formula is C24H26N6O2. The fourth-order valence-corrected chi connectivity index (χ4v) is 5.18. The maximum absolute atomic E-state index is 12.6. The Morgan fingerprint density at radius 1 is 1.09 bits per heavy atom. The number of primary amides is 1. The van der Waals surface area contributed by atoms with Crippen LogP contribution in [-0.4, -0.2) is 52.4 Å². The van der Waals surface area contributed by atoms with E-state index in [2.05, 4.69) is 15.3 Å². The Hall–Kier alpha value is -3.36. The van der Waals surface area contributed by atoms with Crippen molar-refractivity contribution in [3.05, 3.63) is 66.0 Å². The number of carbonyl (C=O) groups is 1. The number of aromatic nitrogens is 2. The molecule has 3 N–H and O–H groups in total. The fraction of sp³-hybridized carbons (Fsp3) is 0.333. The molecule has 2 atom stereocenters. The first-order chi connectivity index (χ1) is 15.7. The van der Waals surface area contributed by atoms with Crippen molar-refractivity contribution in [2.75, 3.05) is 24.6 Å². The highest BCUT2D eigenvalue weighted by Gasteiger charge is 2.43. The average molecular weight is 431 g/mol. The van der Waals surface area contributed by atoms with Crippen LogP contribution in [0.2, 0.25) is 0 Å². The molecular weight excluding hydrogens is 404 g/mol. The molecule has 0 aliphatic carbocycles. The first-order valence-corrected chi connectivity index (χ1v) is 11.2. The molecule has 8 heteroatoms. The number of para-hydroxylation sites is 1. The number of rotatable bonds is 5. The number of hydrazine groups is 1. The van der Waals surface area contributed by atoms with Gasteiger partial charge in [-0.1, -0.05) is 18.2 Å². The van der Waals surface area contributed by atoms with Crippen LogP contribution in [0.3, 0.4) is 0 Å². The summed E-state index contributed by atoms with van der Waals surface area (Å²) < 4.78 is 7.60. The second-order valence-corrected chi connectivity index (χ2v) is 8.67. The van der Waals surface area contributed by atoms with Gasteiger partial charge in [-0.3, -0.25) is 4.79 Å². The summed E-state index contributed by atoms with van der Waals surface area (Å²) in [5.41, 5.74) is 8.96. The SMILES string of the molecule is NC(=O)c1c2c(nn1-c1ccc(Oc3ccccc3)cc1)CCCN2N1C[C@H]2C[C@@H]1CN2. The van der Waals surface area contributed by atoms with E-state index in [1.807, 2.05) is 54.6 Å². The number of piperazine rings is 1. The average Bonchev–Trinajstić information content (AvgIpc) is 3.54. The number of nitrogens with two attached hydrogens (primary N) is 1. The van der Waals surface area contributed by atoms with Gasteiger partial charge in [-0.2, -0.15) is 5.10 Å². The van der Waals surface area contributed by atoms with Crippen LogP contribution >= 0.6 is 0 Å². The van der Waals surface area contributed by atoms with Crippen molar-refractivity contribution in [2.24, 2.45) is 5.73 Å². The Kier molecular flexibility index (Phi) is 4.62. The number of nitrogens with zero attached hydrogens (tertiary/aromatic N) is 4. The second kappa shape index (κ2) is 7.65. The van der Waals surface area contributed by atoms with Crippen LogP contribution in [0.25, 0.3) is 5.69 Å². The summed E-state index contributed by atoms with van der Waals surface area (Å²) in [4.78, 5) is 12.6. The number of hydrogen-bond donors (Lipinski definition) is 2. The van der Waals surface area contributed by atoms with Crippen LogP contribution in [0.4, 0.5) is 5.69 Å². The predicted molar refractivity (Wildman–Crippen MR) is 121 cm³/mol. The number of aryl methyl sites for hydroxylation is 1. The molecule has 1 amide bonds. The third-order valence-corrected chi connectivity index (χ3v) is 6.60. The Bertz CT molecular complexity index is 1140. The Balaban J connectivity index is 1.34. The van der Waals surface area contributed by atoms with Crippen molar-refractivity contribution in [3.63, 3.8) is 0 Å². The first-order valence-electron chi connectivity index (χ1n) is 11.2. The topological polar surface area (TPSA) is 88.6 Å². The molecule has 0 saturated carbocycles. The molecule has 1 aromatic heterocycles. The highest BCUT2D eigenvalue weighted by atomic mass is 16.5. The molecule has 3 aromatic rings. The zero-order valence-electron chi connectivity index (χ0n) is 17.8. The Labute approximate surface area is 186 Å². The Morgan fingerprint density at radius 3 is 2.56 bits per heavy atom. The lowest BCUT2D eigenvalue weighted by Gasteiger charge is -2.41. The number of fused-ring (bicyclic) bond motifs is 3. The van der Waals surface area contributed by atoms with E-state index in [9.17, 15) is 4.79 Å². The molecule has 2 saturated heterocycles. The highest BCUT2D eigenvalue weighted by molar-refractivity contribution is 5.98. The molecule has 0 spiro atoms. The van der Waals surface area contributed by atoms with Gasteiger partial charge < -0.3 is 20.8 Å². The van der Waals surface area contributed by atoms with Crippen LogP contribution in [-0.2, 0) is 6.42 Å². The maximum atomic E-state index is 12.6. The molecule has 164 valence electrons. The summed E-state index contributed by atoms with van der Waals surface area (Å²) in [6, 6.07) is 18.2. The maximum Gasteiger partial charge on any atom is 0.269 e. The van der Waals surface area contributed by atoms with Gasteiger partial charge in [0.1, 0.15) is 17.2 Å². The summed E-state index contributed by atoms with van der Waals surface area (Å²) in [5.74, 6) is 1.04. The monoisotopic (exact) mass is 430 g/mol. The summed E-state index contributed by atoms with van der Waals surface area (Å²) in [6.45, 7) is 2.82. The van der Waals surface area contributed by atoms with Gasteiger partial charge in [0.15, 0.2) is 5.69 Å². The Morgan fingerprint density at radius 2 is 1.88 bits per heavy atom. The van der Waals surface area contributed by atoms with Gasteiger partial charge in [-0.05, 0) is 55.7 Å². The number of hydrogen-bond acceptors (Lipinski definition) is 6. The molecule has 4 heterocycles. The van der Waals surface area contributed by atoms with Gasteiger partial charge in [0.25, 0.3) is 5.91 Å². The van der Waals surface area contributed by atoms with E-state index in [1.165, 1.54) is 0 Å². The summed E-state index contributed by atoms with van der Waals surface area (Å²) in [5, 5.41) is 13.1. The number of ether oxygens (including phenoxy) is 1. The van der Waals surface area contributed by atoms with Crippen LogP contribution < -0.4 is 20.8 Å². The van der Waals surface area contributed by atoms with Gasteiger partial charge in [0.05, 0.1) is 11.4 Å². The normalized spacial score (nSPS) is 22.2. The molecule has 2 aromatic carbocycles. The molecule has 2 bridgehead atoms. The minimum atomic E-state index is -0.460. The molecule has 6 rings (SSSR count). The third-order valence-electron chi connectivity index (χ3n) is 6.60. The summed E-state index contributed by atoms with van der Waals surface area (Å²) >= 11 is 0. The van der Waals surface area contributed by atoms with E-state index < -0.39 is 5.91 Å². The van der Waals surface area contributed by atoms with Crippen LogP contribution in [0, 0.1) is 0 Å². The van der Waals surface area contributed by atoms with E-state index >= 15 is 0 Å². The lowest BCUT2D eigenvalue weighted by Crippen LogP contribution is -2.54. The van der Waals surface area contributed by atoms with Crippen molar-refractivity contribution in [1.82, 2.24) is 20.1 Å². The molecule has 2 fully saturated rings. The number of anilines is 1. The van der Waals surface area contributed by atoms with E-state index in [1.54, 1.807) is 4.68 Å². The largest absolute Gasteiger partial charge is 0.457 e. The van der Waals surface area contributed by atoms with Crippen LogP contribution in [0.15, 0.2) is 54.6 Å². The smallest absolute Gasteiger partial charge is 0.269 e. The zero-order chi connectivity index (χ0) is 21.7. The van der Waals surface area contributed by atoms with Crippen molar-refractivity contribution in [3.8, 4) is 17.2 Å². The predicted octanol–water partition coefficient (Wildman–Crippen LogP) is 2.48. The molecule has 0 radical (unpaired) electrons. The van der Waals surface area contributed by atoms with Gasteiger partial charge in [-0.15, -0.1) is 0 Å². The van der Waals surface area contributed by atoms with Crippen molar-refractivity contribution in [2.45, 2.75) is 31.3 Å². The second-order valence-electron chi connectivity index (χ2n) is 8.67. The lowest BCUT2D eigenvalue weighted by atomic mass is 10.1. The first kappa shape index (κ1) is 19.3. The number of benzene rings is 2. The summed E-state index contributed by atoms with van der Waals surface area (Å²) in [6.07, 6.45) is 3.00. The van der Waals surface area contributed by atoms with E-state index in [4.69, 9.17) is 15.6 Å². The van der Waals surface area contributed by atoms with Crippen molar-refractivity contribution in [1.29, 1.82) is 0 Å². The van der Waals surface area contributed by atoms with E-state index in [0.29, 0.717) is 17.8 Å². The molecule has 3 aliphatic rings. The van der Waals surface area contributed by atoms with Gasteiger partial charge >= 0.3 is 0 Å². The van der Waals surface area contributed by atoms with Crippen LogP contribution in [0.5, 0.6) is 11.5 Å². The van der Waals surface area contributed by atoms with Gasteiger partial charge in [-0.25, -0.2) is 9.69 Å². The van der Waals surface area contributed by atoms with Crippen molar-refractivity contribution >= 4 is 11.6 Å². The molecule has 8 nitrogen and oxygen atoms in total. The lowest BCUT2D eigenvalue weighted by molar-refractivity contribution is 0.0991. The van der Waals surface area contributed by atoms with E-state index in [0.717, 1.165) is 67.5 Å². The minimum Gasteiger partial charge on any atom is -0.457 e. The standard InChI is InChI=1S/C24H26N6O2/c25-24(31)23-22-21(7-4-12-28(22)29-15-16-13-18(29)14-26-16)27-30(23)17-8-10-20(11-9-17)32-19-5-2-1-3-6-19/h1-3,5-6,8-11,16,18,26H,4,7,12-15H2,(H2,25,31)/t16-,18-/m1/s1. The van der Waals surface area contributed by atoms with Crippen LogP contribution in [0.1, 0.15) is 29.0 Å². The van der Waals surface area contributed by atoms with Gasteiger partial charge in [0.2, 0.25) is 0 Å². The fourth-order valence-electron chi connectivity index (χ4n) is 5.18.